The minimum atomic E-state index is -3.62. The minimum absolute atomic E-state index is 0.201. The van der Waals surface area contributed by atoms with Gasteiger partial charge in [0.1, 0.15) is 4.90 Å². The number of rotatable bonds is 8. The molecule has 0 aliphatic carbocycles. The summed E-state index contributed by atoms with van der Waals surface area (Å²) in [7, 11) is -1.87. The number of aryl methyl sites for hydroxylation is 1. The second-order valence-corrected chi connectivity index (χ2v) is 6.88. The number of nitrogens with one attached hydrogen (secondary N) is 3. The Bertz CT molecular complexity index is 537. The lowest BCUT2D eigenvalue weighted by atomic mass is 10.1. The van der Waals surface area contributed by atoms with Crippen LogP contribution in [0, 0.1) is 6.92 Å². The summed E-state index contributed by atoms with van der Waals surface area (Å²) < 4.78 is 32.9. The summed E-state index contributed by atoms with van der Waals surface area (Å²) in [5, 5.41) is 9.63. The molecule has 0 amide bonds. The van der Waals surface area contributed by atoms with Crippen molar-refractivity contribution in [1.29, 1.82) is 0 Å². The SMILES string of the molecule is CCOC(C)(C)CNS(=O)(=O)c1c(CNC)n[nH]c1C. The van der Waals surface area contributed by atoms with Gasteiger partial charge in [-0.2, -0.15) is 5.10 Å². The Kier molecular flexibility index (Phi) is 5.69. The molecule has 0 saturated heterocycles. The molecule has 0 atom stereocenters. The second kappa shape index (κ2) is 6.66. The molecule has 1 aromatic heterocycles. The van der Waals surface area contributed by atoms with Crippen LogP contribution in [-0.2, 0) is 21.3 Å². The van der Waals surface area contributed by atoms with Crippen molar-refractivity contribution < 1.29 is 13.2 Å². The van der Waals surface area contributed by atoms with E-state index in [0.29, 0.717) is 24.5 Å². The monoisotopic (exact) mass is 304 g/mol. The predicted molar refractivity (Wildman–Crippen MR) is 77.0 cm³/mol. The standard InChI is InChI=1S/C12H24N4O3S/c1-6-19-12(3,4)8-14-20(17,18)11-9(2)15-16-10(11)7-13-5/h13-14H,6-8H2,1-5H3,(H,15,16). The summed E-state index contributed by atoms with van der Waals surface area (Å²) in [6.07, 6.45) is 0. The number of H-pyrrole nitrogens is 1. The topological polar surface area (TPSA) is 96.1 Å². The van der Waals surface area contributed by atoms with Crippen LogP contribution in [0.25, 0.3) is 0 Å². The quantitative estimate of drug-likeness (QED) is 0.651. The van der Waals surface area contributed by atoms with Gasteiger partial charge in [0.2, 0.25) is 10.0 Å². The van der Waals surface area contributed by atoms with Crippen LogP contribution in [0.4, 0.5) is 0 Å². The van der Waals surface area contributed by atoms with Crippen LogP contribution < -0.4 is 10.0 Å². The summed E-state index contributed by atoms with van der Waals surface area (Å²) in [5.41, 5.74) is 0.450. The van der Waals surface area contributed by atoms with Gasteiger partial charge in [-0.25, -0.2) is 13.1 Å². The van der Waals surface area contributed by atoms with Gasteiger partial charge in [-0.15, -0.1) is 0 Å². The van der Waals surface area contributed by atoms with Crippen LogP contribution >= 0.6 is 0 Å². The molecule has 3 N–H and O–H groups in total. The van der Waals surface area contributed by atoms with Crippen molar-refractivity contribution in [3.05, 3.63) is 11.4 Å². The minimum Gasteiger partial charge on any atom is -0.375 e. The zero-order valence-electron chi connectivity index (χ0n) is 12.7. The van der Waals surface area contributed by atoms with E-state index in [-0.39, 0.29) is 11.4 Å². The van der Waals surface area contributed by atoms with Gasteiger partial charge < -0.3 is 10.1 Å². The molecule has 116 valence electrons. The number of nitrogens with zero attached hydrogens (tertiary/aromatic N) is 1. The van der Waals surface area contributed by atoms with Crippen molar-refractivity contribution in [3.63, 3.8) is 0 Å². The molecule has 0 radical (unpaired) electrons. The highest BCUT2D eigenvalue weighted by Crippen LogP contribution is 2.18. The fourth-order valence-electron chi connectivity index (χ4n) is 1.90. The van der Waals surface area contributed by atoms with E-state index in [9.17, 15) is 8.42 Å². The number of hydrogen-bond donors (Lipinski definition) is 3. The summed E-state index contributed by atoms with van der Waals surface area (Å²) in [4.78, 5) is 0.208. The van der Waals surface area contributed by atoms with Crippen LogP contribution in [0.1, 0.15) is 32.2 Å². The molecule has 0 aliphatic rings. The molecule has 0 bridgehead atoms. The lowest BCUT2D eigenvalue weighted by Gasteiger charge is -2.24. The third kappa shape index (κ3) is 4.27. The molecule has 0 aromatic carbocycles. The van der Waals surface area contributed by atoms with Crippen molar-refractivity contribution >= 4 is 10.0 Å². The van der Waals surface area contributed by atoms with Crippen LogP contribution in [0.5, 0.6) is 0 Å². The van der Waals surface area contributed by atoms with Crippen LogP contribution in [0.2, 0.25) is 0 Å². The molecule has 1 rings (SSSR count). The van der Waals surface area contributed by atoms with Gasteiger partial charge in [-0.1, -0.05) is 0 Å². The molecule has 1 aromatic rings. The Balaban J connectivity index is 2.92. The number of hydrogen-bond acceptors (Lipinski definition) is 5. The molecule has 8 heteroatoms. The van der Waals surface area contributed by atoms with Gasteiger partial charge in [0.05, 0.1) is 17.0 Å². The summed E-state index contributed by atoms with van der Waals surface area (Å²) in [6.45, 7) is 8.37. The van der Waals surface area contributed by atoms with E-state index >= 15 is 0 Å². The smallest absolute Gasteiger partial charge is 0.244 e. The molecule has 0 aliphatic heterocycles. The van der Waals surface area contributed by atoms with Crippen molar-refractivity contribution in [2.24, 2.45) is 0 Å². The summed E-state index contributed by atoms with van der Waals surface area (Å²) in [6, 6.07) is 0. The van der Waals surface area contributed by atoms with Gasteiger partial charge in [0, 0.05) is 19.7 Å². The molecule has 7 nitrogen and oxygen atoms in total. The number of aromatic nitrogens is 2. The maximum atomic E-state index is 12.4. The van der Waals surface area contributed by atoms with Crippen molar-refractivity contribution in [2.45, 2.75) is 44.7 Å². The predicted octanol–water partition coefficient (Wildman–Crippen LogP) is 0.531. The van der Waals surface area contributed by atoms with Crippen molar-refractivity contribution in [1.82, 2.24) is 20.2 Å². The van der Waals surface area contributed by atoms with Gasteiger partial charge >= 0.3 is 0 Å². The van der Waals surface area contributed by atoms with Crippen LogP contribution in [0.15, 0.2) is 4.90 Å². The fourth-order valence-corrected chi connectivity index (χ4v) is 3.45. The largest absolute Gasteiger partial charge is 0.375 e. The zero-order valence-corrected chi connectivity index (χ0v) is 13.5. The Morgan fingerprint density at radius 2 is 2.05 bits per heavy atom. The number of aromatic amines is 1. The molecule has 0 spiro atoms. The average molecular weight is 304 g/mol. The fraction of sp³-hybridized carbons (Fsp3) is 0.750. The normalized spacial score (nSPS) is 12.8. The van der Waals surface area contributed by atoms with E-state index < -0.39 is 15.6 Å². The molecular weight excluding hydrogens is 280 g/mol. The first-order valence-electron chi connectivity index (χ1n) is 6.55. The Labute approximate surface area is 120 Å². The molecule has 0 fully saturated rings. The van der Waals surface area contributed by atoms with E-state index in [1.54, 1.807) is 14.0 Å². The molecule has 0 saturated carbocycles. The first-order chi connectivity index (χ1) is 9.23. The van der Waals surface area contributed by atoms with E-state index in [4.69, 9.17) is 4.74 Å². The maximum Gasteiger partial charge on any atom is 0.244 e. The summed E-state index contributed by atoms with van der Waals surface area (Å²) in [5.74, 6) is 0. The third-order valence-electron chi connectivity index (χ3n) is 2.80. The Hall–Kier alpha value is -0.960. The van der Waals surface area contributed by atoms with Crippen LogP contribution in [-0.4, -0.2) is 44.4 Å². The molecule has 20 heavy (non-hydrogen) atoms. The lowest BCUT2D eigenvalue weighted by molar-refractivity contribution is -0.00515. The highest BCUT2D eigenvalue weighted by atomic mass is 32.2. The Morgan fingerprint density at radius 1 is 1.40 bits per heavy atom. The first-order valence-corrected chi connectivity index (χ1v) is 8.04. The summed E-state index contributed by atoms with van der Waals surface area (Å²) >= 11 is 0. The van der Waals surface area contributed by atoms with Crippen molar-refractivity contribution in [2.75, 3.05) is 20.2 Å². The lowest BCUT2D eigenvalue weighted by Crippen LogP contribution is -2.40. The highest BCUT2D eigenvalue weighted by molar-refractivity contribution is 7.89. The van der Waals surface area contributed by atoms with E-state index in [1.165, 1.54) is 0 Å². The number of ether oxygens (including phenoxy) is 1. The van der Waals surface area contributed by atoms with E-state index in [1.807, 2.05) is 20.8 Å². The maximum absolute atomic E-state index is 12.4. The Morgan fingerprint density at radius 3 is 2.60 bits per heavy atom. The van der Waals surface area contributed by atoms with Gasteiger partial charge in [-0.05, 0) is 34.7 Å². The second-order valence-electron chi connectivity index (χ2n) is 5.17. The first kappa shape index (κ1) is 17.1. The van der Waals surface area contributed by atoms with Gasteiger partial charge in [-0.3, -0.25) is 5.10 Å². The molecular formula is C12H24N4O3S. The number of sulfonamides is 1. The van der Waals surface area contributed by atoms with Gasteiger partial charge in [0.15, 0.2) is 0 Å². The molecule has 1 heterocycles. The van der Waals surface area contributed by atoms with E-state index in [2.05, 4.69) is 20.2 Å². The highest BCUT2D eigenvalue weighted by Gasteiger charge is 2.27. The zero-order chi connectivity index (χ0) is 15.4. The van der Waals surface area contributed by atoms with Crippen molar-refractivity contribution in [3.8, 4) is 0 Å². The van der Waals surface area contributed by atoms with E-state index in [0.717, 1.165) is 0 Å². The van der Waals surface area contributed by atoms with Gasteiger partial charge in [0.25, 0.3) is 0 Å². The average Bonchev–Trinajstić information content (AvgIpc) is 2.70. The molecule has 0 unspecified atom stereocenters. The third-order valence-corrected chi connectivity index (χ3v) is 4.40. The van der Waals surface area contributed by atoms with Crippen LogP contribution in [0.3, 0.4) is 0 Å².